The molecule has 1 unspecified atom stereocenters. The van der Waals surface area contributed by atoms with Gasteiger partial charge in [0.15, 0.2) is 0 Å². The molecular formula is C14H18N4O2S. The second kappa shape index (κ2) is 6.11. The lowest BCUT2D eigenvalue weighted by atomic mass is 10.1. The van der Waals surface area contributed by atoms with Crippen molar-refractivity contribution in [1.29, 1.82) is 0 Å². The van der Waals surface area contributed by atoms with Crippen molar-refractivity contribution in [2.75, 3.05) is 18.1 Å². The van der Waals surface area contributed by atoms with Crippen molar-refractivity contribution in [2.45, 2.75) is 17.9 Å². The van der Waals surface area contributed by atoms with Gasteiger partial charge in [-0.25, -0.2) is 13.1 Å². The van der Waals surface area contributed by atoms with E-state index in [2.05, 4.69) is 15.0 Å². The molecule has 6 nitrogen and oxygen atoms in total. The van der Waals surface area contributed by atoms with E-state index in [9.17, 15) is 8.42 Å². The van der Waals surface area contributed by atoms with Gasteiger partial charge in [0.25, 0.3) is 0 Å². The van der Waals surface area contributed by atoms with E-state index in [0.717, 1.165) is 5.56 Å². The minimum atomic E-state index is -3.59. The molecule has 1 heterocycles. The number of benzene rings is 1. The number of sulfonamides is 1. The number of rotatable bonds is 5. The minimum Gasteiger partial charge on any atom is -0.399 e. The van der Waals surface area contributed by atoms with Crippen molar-refractivity contribution in [3.8, 4) is 0 Å². The smallest absolute Gasteiger partial charge is 0.242 e. The van der Waals surface area contributed by atoms with Crippen LogP contribution in [0.25, 0.3) is 0 Å². The Morgan fingerprint density at radius 2 is 2.05 bits per heavy atom. The number of nitrogens with two attached hydrogens (primary N) is 1. The number of hydrogen-bond acceptors (Lipinski definition) is 5. The summed E-state index contributed by atoms with van der Waals surface area (Å²) in [6, 6.07) is 8.42. The van der Waals surface area contributed by atoms with Gasteiger partial charge in [-0.05, 0) is 43.8 Å². The molecule has 21 heavy (non-hydrogen) atoms. The molecule has 0 amide bonds. The Hall–Kier alpha value is -2.12. The van der Waals surface area contributed by atoms with Crippen LogP contribution in [0.3, 0.4) is 0 Å². The third-order valence-electron chi connectivity index (χ3n) is 3.12. The van der Waals surface area contributed by atoms with Crippen molar-refractivity contribution in [3.05, 3.63) is 48.3 Å². The average Bonchev–Trinajstić information content (AvgIpc) is 2.49. The van der Waals surface area contributed by atoms with Crippen LogP contribution < -0.4 is 15.8 Å². The van der Waals surface area contributed by atoms with Gasteiger partial charge in [-0.1, -0.05) is 6.07 Å². The van der Waals surface area contributed by atoms with Crippen LogP contribution in [0.2, 0.25) is 0 Å². The van der Waals surface area contributed by atoms with E-state index < -0.39 is 10.0 Å². The van der Waals surface area contributed by atoms with E-state index in [1.807, 2.05) is 19.1 Å². The van der Waals surface area contributed by atoms with Crippen molar-refractivity contribution < 1.29 is 8.42 Å². The summed E-state index contributed by atoms with van der Waals surface area (Å²) in [6.45, 7) is 1.93. The zero-order chi connectivity index (χ0) is 15.5. The van der Waals surface area contributed by atoms with Gasteiger partial charge < -0.3 is 11.1 Å². The molecule has 1 aromatic carbocycles. The summed E-state index contributed by atoms with van der Waals surface area (Å²) in [5.74, 6) is 0. The minimum absolute atomic E-state index is 0.0897. The molecule has 0 radical (unpaired) electrons. The molecule has 2 aromatic rings. The first-order valence-electron chi connectivity index (χ1n) is 6.43. The second-order valence-electron chi connectivity index (χ2n) is 4.62. The summed E-state index contributed by atoms with van der Waals surface area (Å²) in [4.78, 5) is 4.18. The van der Waals surface area contributed by atoms with Crippen molar-refractivity contribution in [3.63, 3.8) is 0 Å². The molecule has 0 spiro atoms. The number of nitrogen functional groups attached to an aromatic ring is 1. The SMILES string of the molecule is CNS(=O)(=O)c1cc(N)ccc1NC(C)c1cccnc1. The van der Waals surface area contributed by atoms with Gasteiger partial charge in [-0.2, -0.15) is 0 Å². The number of pyridine rings is 1. The lowest BCUT2D eigenvalue weighted by Crippen LogP contribution is -2.21. The van der Waals surface area contributed by atoms with Gasteiger partial charge in [-0.3, -0.25) is 4.98 Å². The summed E-state index contributed by atoms with van der Waals surface area (Å²) >= 11 is 0. The van der Waals surface area contributed by atoms with Crippen LogP contribution in [-0.4, -0.2) is 20.4 Å². The highest BCUT2D eigenvalue weighted by Gasteiger charge is 2.18. The van der Waals surface area contributed by atoms with Gasteiger partial charge >= 0.3 is 0 Å². The molecule has 0 aliphatic heterocycles. The molecule has 7 heteroatoms. The van der Waals surface area contributed by atoms with Gasteiger partial charge in [0.1, 0.15) is 4.90 Å². The van der Waals surface area contributed by atoms with Crippen LogP contribution in [-0.2, 0) is 10.0 Å². The normalized spacial score (nSPS) is 12.9. The molecule has 2 rings (SSSR count). The highest BCUT2D eigenvalue weighted by Crippen LogP contribution is 2.27. The third-order valence-corrected chi connectivity index (χ3v) is 4.57. The summed E-state index contributed by atoms with van der Waals surface area (Å²) in [6.07, 6.45) is 3.43. The first kappa shape index (κ1) is 15.3. The molecule has 0 fully saturated rings. The quantitative estimate of drug-likeness (QED) is 0.731. The van der Waals surface area contributed by atoms with Crippen molar-refractivity contribution in [2.24, 2.45) is 0 Å². The van der Waals surface area contributed by atoms with E-state index in [-0.39, 0.29) is 10.9 Å². The maximum atomic E-state index is 12.1. The predicted octanol–water partition coefficient (Wildman–Crippen LogP) is 1.74. The molecule has 4 N–H and O–H groups in total. The summed E-state index contributed by atoms with van der Waals surface area (Å²) < 4.78 is 26.4. The molecule has 0 saturated heterocycles. The highest BCUT2D eigenvalue weighted by atomic mass is 32.2. The third kappa shape index (κ3) is 3.50. The Balaban J connectivity index is 2.37. The van der Waals surface area contributed by atoms with Crippen molar-refractivity contribution in [1.82, 2.24) is 9.71 Å². The van der Waals surface area contributed by atoms with Crippen LogP contribution in [0.1, 0.15) is 18.5 Å². The van der Waals surface area contributed by atoms with Crippen LogP contribution in [0.15, 0.2) is 47.6 Å². The summed E-state index contributed by atoms with van der Waals surface area (Å²) in [5, 5.41) is 3.18. The lowest BCUT2D eigenvalue weighted by Gasteiger charge is -2.18. The van der Waals surface area contributed by atoms with E-state index in [0.29, 0.717) is 11.4 Å². The predicted molar refractivity (Wildman–Crippen MR) is 83.4 cm³/mol. The Morgan fingerprint density at radius 3 is 2.67 bits per heavy atom. The van der Waals surface area contributed by atoms with Gasteiger partial charge in [0, 0.05) is 18.1 Å². The topological polar surface area (TPSA) is 97.1 Å². The summed E-state index contributed by atoms with van der Waals surface area (Å²) in [7, 11) is -2.22. The number of anilines is 2. The fourth-order valence-corrected chi connectivity index (χ4v) is 2.87. The fraction of sp³-hybridized carbons (Fsp3) is 0.214. The van der Waals surface area contributed by atoms with E-state index in [4.69, 9.17) is 5.73 Å². The van der Waals surface area contributed by atoms with Crippen LogP contribution >= 0.6 is 0 Å². The lowest BCUT2D eigenvalue weighted by molar-refractivity contribution is 0.588. The summed E-state index contributed by atoms with van der Waals surface area (Å²) in [5.41, 5.74) is 7.54. The van der Waals surface area contributed by atoms with Crippen LogP contribution in [0.5, 0.6) is 0 Å². The number of hydrogen-bond donors (Lipinski definition) is 3. The Bertz CT molecular complexity index is 717. The standard InChI is InChI=1S/C14H18N4O2S/c1-10(11-4-3-7-17-9-11)18-13-6-5-12(15)8-14(13)21(19,20)16-2/h3-10,16,18H,15H2,1-2H3. The molecule has 1 aromatic heterocycles. The maximum absolute atomic E-state index is 12.1. The Morgan fingerprint density at radius 1 is 1.29 bits per heavy atom. The van der Waals surface area contributed by atoms with E-state index in [1.165, 1.54) is 13.1 Å². The van der Waals surface area contributed by atoms with E-state index >= 15 is 0 Å². The zero-order valence-electron chi connectivity index (χ0n) is 11.9. The Kier molecular flexibility index (Phi) is 4.44. The molecule has 0 bridgehead atoms. The van der Waals surface area contributed by atoms with Crippen LogP contribution in [0.4, 0.5) is 11.4 Å². The van der Waals surface area contributed by atoms with Gasteiger partial charge in [0.2, 0.25) is 10.0 Å². The molecule has 112 valence electrons. The number of nitrogens with one attached hydrogen (secondary N) is 2. The van der Waals surface area contributed by atoms with Gasteiger partial charge in [0.05, 0.1) is 11.7 Å². The highest BCUT2D eigenvalue weighted by molar-refractivity contribution is 7.89. The molecule has 0 saturated carbocycles. The molecule has 0 aliphatic carbocycles. The Labute approximate surface area is 124 Å². The monoisotopic (exact) mass is 306 g/mol. The largest absolute Gasteiger partial charge is 0.399 e. The zero-order valence-corrected chi connectivity index (χ0v) is 12.7. The molecular weight excluding hydrogens is 288 g/mol. The molecule has 1 atom stereocenters. The van der Waals surface area contributed by atoms with Crippen LogP contribution in [0, 0.1) is 0 Å². The average molecular weight is 306 g/mol. The number of nitrogens with zero attached hydrogens (tertiary/aromatic N) is 1. The van der Waals surface area contributed by atoms with E-state index in [1.54, 1.807) is 24.5 Å². The number of aromatic nitrogens is 1. The molecule has 0 aliphatic rings. The second-order valence-corrected chi connectivity index (χ2v) is 6.47. The maximum Gasteiger partial charge on any atom is 0.242 e. The first-order valence-corrected chi connectivity index (χ1v) is 7.92. The van der Waals surface area contributed by atoms with Crippen molar-refractivity contribution >= 4 is 21.4 Å². The first-order chi connectivity index (χ1) is 9.94. The van der Waals surface area contributed by atoms with Gasteiger partial charge in [-0.15, -0.1) is 0 Å². The fourth-order valence-electron chi connectivity index (χ4n) is 1.94.